The lowest BCUT2D eigenvalue weighted by molar-refractivity contribution is -0.111. The van der Waals surface area contributed by atoms with Gasteiger partial charge in [0.2, 0.25) is 5.91 Å². The molecule has 0 fully saturated rings. The molecule has 0 aliphatic carbocycles. The summed E-state index contributed by atoms with van der Waals surface area (Å²) in [6.07, 6.45) is 3.08. The summed E-state index contributed by atoms with van der Waals surface area (Å²) >= 11 is 5.90. The Kier molecular flexibility index (Phi) is 4.18. The van der Waals surface area contributed by atoms with Crippen molar-refractivity contribution in [2.45, 2.75) is 6.92 Å². The van der Waals surface area contributed by atoms with Crippen molar-refractivity contribution in [1.29, 1.82) is 0 Å². The molecule has 0 aliphatic rings. The number of amides is 1. The van der Waals surface area contributed by atoms with Gasteiger partial charge in [-0.05, 0) is 25.1 Å². The topological polar surface area (TPSA) is 38.3 Å². The highest BCUT2D eigenvalue weighted by Gasteiger charge is 2.04. The van der Waals surface area contributed by atoms with E-state index in [1.54, 1.807) is 38.3 Å². The predicted octanol–water partition coefficient (Wildman–Crippen LogP) is 2.86. The number of rotatable bonds is 3. The second-order valence-electron chi connectivity index (χ2n) is 2.84. The maximum Gasteiger partial charge on any atom is 0.248 e. The Labute approximate surface area is 93.7 Å². The third-order valence-electron chi connectivity index (χ3n) is 1.75. The molecule has 0 saturated heterocycles. The van der Waals surface area contributed by atoms with Gasteiger partial charge < -0.3 is 10.1 Å². The summed E-state index contributed by atoms with van der Waals surface area (Å²) in [5, 5.41) is 3.13. The highest BCUT2D eigenvalue weighted by Crippen LogP contribution is 2.26. The Balaban J connectivity index is 2.88. The Hall–Kier alpha value is -1.48. The molecule has 4 heteroatoms. The number of nitrogens with one attached hydrogen (secondary N) is 1. The van der Waals surface area contributed by atoms with Gasteiger partial charge in [0.15, 0.2) is 0 Å². The highest BCUT2D eigenvalue weighted by atomic mass is 35.5. The van der Waals surface area contributed by atoms with Crippen LogP contribution in [-0.4, -0.2) is 13.0 Å². The monoisotopic (exact) mass is 225 g/mol. The summed E-state index contributed by atoms with van der Waals surface area (Å²) in [6.45, 7) is 1.77. The van der Waals surface area contributed by atoms with Crippen LogP contribution in [0, 0.1) is 0 Å². The molecule has 0 spiro atoms. The number of carbonyl (C=O) groups excluding carboxylic acids is 1. The number of halogens is 1. The predicted molar refractivity (Wildman–Crippen MR) is 61.4 cm³/mol. The molecule has 1 N–H and O–H groups in total. The van der Waals surface area contributed by atoms with Crippen molar-refractivity contribution >= 4 is 23.2 Å². The van der Waals surface area contributed by atoms with E-state index in [9.17, 15) is 4.79 Å². The molecule has 1 rings (SSSR count). The minimum atomic E-state index is -0.215. The molecule has 80 valence electrons. The summed E-state index contributed by atoms with van der Waals surface area (Å²) in [6, 6.07) is 5.07. The fourth-order valence-electron chi connectivity index (χ4n) is 1.05. The van der Waals surface area contributed by atoms with Crippen LogP contribution in [0.2, 0.25) is 5.02 Å². The summed E-state index contributed by atoms with van der Waals surface area (Å²) in [7, 11) is 1.56. The normalized spacial score (nSPS) is 10.3. The Bertz CT molecular complexity index is 388. The van der Waals surface area contributed by atoms with E-state index < -0.39 is 0 Å². The molecule has 0 bridgehead atoms. The van der Waals surface area contributed by atoms with E-state index in [2.05, 4.69) is 5.32 Å². The lowest BCUT2D eigenvalue weighted by Gasteiger charge is -2.07. The van der Waals surface area contributed by atoms with E-state index in [1.165, 1.54) is 6.08 Å². The smallest absolute Gasteiger partial charge is 0.248 e. The maximum absolute atomic E-state index is 11.3. The van der Waals surface area contributed by atoms with Gasteiger partial charge in [0, 0.05) is 6.07 Å². The minimum absolute atomic E-state index is 0.215. The lowest BCUT2D eigenvalue weighted by atomic mass is 10.3. The average molecular weight is 226 g/mol. The second-order valence-corrected chi connectivity index (χ2v) is 3.24. The first-order valence-electron chi connectivity index (χ1n) is 4.44. The third kappa shape index (κ3) is 3.29. The lowest BCUT2D eigenvalue weighted by Crippen LogP contribution is -2.08. The van der Waals surface area contributed by atoms with Crippen molar-refractivity contribution in [2.75, 3.05) is 12.4 Å². The molecule has 3 nitrogen and oxygen atoms in total. The van der Waals surface area contributed by atoms with E-state index in [4.69, 9.17) is 16.3 Å². The van der Waals surface area contributed by atoms with Gasteiger partial charge in [0.05, 0.1) is 17.8 Å². The Morgan fingerprint density at radius 1 is 1.53 bits per heavy atom. The summed E-state index contributed by atoms with van der Waals surface area (Å²) < 4.78 is 5.02. The zero-order valence-electron chi connectivity index (χ0n) is 8.58. The SMILES string of the molecule is C/C=C/C(=O)Nc1cc(OC)ccc1Cl. The van der Waals surface area contributed by atoms with Crippen LogP contribution in [0.5, 0.6) is 5.75 Å². The Morgan fingerprint density at radius 3 is 2.87 bits per heavy atom. The van der Waals surface area contributed by atoms with E-state index in [1.807, 2.05) is 0 Å². The molecule has 0 aliphatic heterocycles. The molecule has 1 amide bonds. The van der Waals surface area contributed by atoms with Crippen LogP contribution in [0.4, 0.5) is 5.69 Å². The van der Waals surface area contributed by atoms with E-state index >= 15 is 0 Å². The quantitative estimate of drug-likeness (QED) is 0.804. The van der Waals surface area contributed by atoms with Gasteiger partial charge in [-0.3, -0.25) is 4.79 Å². The van der Waals surface area contributed by atoms with Crippen molar-refractivity contribution in [3.63, 3.8) is 0 Å². The number of methoxy groups -OCH3 is 1. The molecule has 15 heavy (non-hydrogen) atoms. The van der Waals surface area contributed by atoms with Gasteiger partial charge in [-0.2, -0.15) is 0 Å². The molecule has 1 aromatic carbocycles. The zero-order valence-corrected chi connectivity index (χ0v) is 9.34. The highest BCUT2D eigenvalue weighted by molar-refractivity contribution is 6.33. The first-order valence-corrected chi connectivity index (χ1v) is 4.82. The molecular weight excluding hydrogens is 214 g/mol. The van der Waals surface area contributed by atoms with Gasteiger partial charge in [-0.15, -0.1) is 0 Å². The van der Waals surface area contributed by atoms with Crippen molar-refractivity contribution in [3.8, 4) is 5.75 Å². The van der Waals surface area contributed by atoms with Gasteiger partial charge in [-0.1, -0.05) is 17.7 Å². The van der Waals surface area contributed by atoms with Gasteiger partial charge >= 0.3 is 0 Å². The Morgan fingerprint density at radius 2 is 2.27 bits per heavy atom. The first-order chi connectivity index (χ1) is 7.17. The summed E-state index contributed by atoms with van der Waals surface area (Å²) in [5.74, 6) is 0.433. The van der Waals surface area contributed by atoms with Crippen LogP contribution >= 0.6 is 11.6 Å². The van der Waals surface area contributed by atoms with E-state index in [0.29, 0.717) is 16.5 Å². The number of hydrogen-bond donors (Lipinski definition) is 1. The maximum atomic E-state index is 11.3. The number of hydrogen-bond acceptors (Lipinski definition) is 2. The molecule has 0 atom stereocenters. The molecule has 0 saturated carbocycles. The number of allylic oxidation sites excluding steroid dienone is 1. The summed E-state index contributed by atoms with van der Waals surface area (Å²) in [5.41, 5.74) is 0.541. The van der Waals surface area contributed by atoms with Crippen LogP contribution in [-0.2, 0) is 4.79 Å². The number of carbonyl (C=O) groups is 1. The summed E-state index contributed by atoms with van der Waals surface area (Å²) in [4.78, 5) is 11.3. The van der Waals surface area contributed by atoms with E-state index in [-0.39, 0.29) is 5.91 Å². The van der Waals surface area contributed by atoms with E-state index in [0.717, 1.165) is 0 Å². The van der Waals surface area contributed by atoms with Crippen molar-refractivity contribution < 1.29 is 9.53 Å². The van der Waals surface area contributed by atoms with Crippen LogP contribution in [0.3, 0.4) is 0 Å². The number of ether oxygens (including phenoxy) is 1. The van der Waals surface area contributed by atoms with Crippen LogP contribution in [0.1, 0.15) is 6.92 Å². The van der Waals surface area contributed by atoms with Crippen molar-refractivity contribution in [1.82, 2.24) is 0 Å². The largest absolute Gasteiger partial charge is 0.497 e. The molecule has 0 heterocycles. The molecular formula is C11H12ClNO2. The van der Waals surface area contributed by atoms with Gasteiger partial charge in [0.1, 0.15) is 5.75 Å². The first kappa shape index (κ1) is 11.6. The van der Waals surface area contributed by atoms with Crippen LogP contribution < -0.4 is 10.1 Å². The molecule has 0 unspecified atom stereocenters. The van der Waals surface area contributed by atoms with Crippen molar-refractivity contribution in [3.05, 3.63) is 35.4 Å². The van der Waals surface area contributed by atoms with Crippen molar-refractivity contribution in [2.24, 2.45) is 0 Å². The van der Waals surface area contributed by atoms with Crippen LogP contribution in [0.25, 0.3) is 0 Å². The second kappa shape index (κ2) is 5.41. The fraction of sp³-hybridized carbons (Fsp3) is 0.182. The molecule has 0 aromatic heterocycles. The fourth-order valence-corrected chi connectivity index (χ4v) is 1.22. The average Bonchev–Trinajstić information content (AvgIpc) is 2.21. The third-order valence-corrected chi connectivity index (χ3v) is 2.08. The standard InChI is InChI=1S/C11H12ClNO2/c1-3-4-11(14)13-10-7-8(15-2)5-6-9(10)12/h3-7H,1-2H3,(H,13,14)/b4-3+. The minimum Gasteiger partial charge on any atom is -0.497 e. The zero-order chi connectivity index (χ0) is 11.3. The van der Waals surface area contributed by atoms with Gasteiger partial charge in [0.25, 0.3) is 0 Å². The number of benzene rings is 1. The number of anilines is 1. The molecule has 0 radical (unpaired) electrons. The molecule has 1 aromatic rings. The van der Waals surface area contributed by atoms with Gasteiger partial charge in [-0.25, -0.2) is 0 Å². The van der Waals surface area contributed by atoms with Crippen LogP contribution in [0.15, 0.2) is 30.4 Å².